The van der Waals surface area contributed by atoms with Crippen LogP contribution in [0.1, 0.15) is 121 Å². The first-order valence-corrected chi connectivity index (χ1v) is 23.7. The fourth-order valence-corrected chi connectivity index (χ4v) is 10.4. The highest BCUT2D eigenvalue weighted by molar-refractivity contribution is 6.07. The number of aromatic nitrogens is 4. The van der Waals surface area contributed by atoms with Gasteiger partial charge in [-0.2, -0.15) is 26.3 Å². The normalized spacial score (nSPS) is 21.4. The van der Waals surface area contributed by atoms with E-state index in [1.807, 2.05) is 42.5 Å². The van der Waals surface area contributed by atoms with Crippen LogP contribution in [0, 0.1) is 10.8 Å². The molecule has 4 N–H and O–H groups in total. The fraction of sp³-hybridized carbons (Fsp3) is 0.520. The summed E-state index contributed by atoms with van der Waals surface area (Å²) in [4.78, 5) is 72.6. The molecule has 9 rings (SSSR count). The van der Waals surface area contributed by atoms with Crippen molar-refractivity contribution >= 4 is 45.8 Å². The van der Waals surface area contributed by atoms with Gasteiger partial charge in [-0.1, -0.05) is 18.2 Å². The van der Waals surface area contributed by atoms with Gasteiger partial charge >= 0.3 is 24.5 Å². The molecular formula is C50H56F6N8O7. The average Bonchev–Trinajstić information content (AvgIpc) is 3.58. The molecule has 380 valence electrons. The summed E-state index contributed by atoms with van der Waals surface area (Å²) in [5.41, 5.74) is 0.931. The van der Waals surface area contributed by atoms with Gasteiger partial charge in [-0.05, 0) is 121 Å². The van der Waals surface area contributed by atoms with Crippen molar-refractivity contribution < 1.29 is 59.7 Å². The molecule has 4 amide bonds. The number of H-pyrrole nitrogens is 2. The maximum atomic E-state index is 14.4. The number of alkyl carbamates (subject to hydrolysis) is 2. The lowest BCUT2D eigenvalue weighted by Gasteiger charge is -2.39. The number of methoxy groups -OCH3 is 2. The zero-order valence-corrected chi connectivity index (χ0v) is 40.4. The summed E-state index contributed by atoms with van der Waals surface area (Å²) in [6.45, 7) is 7.22. The van der Waals surface area contributed by atoms with E-state index in [9.17, 15) is 45.5 Å². The van der Waals surface area contributed by atoms with Crippen LogP contribution < -0.4 is 15.4 Å². The largest absolute Gasteiger partial charge is 0.488 e. The number of benzene rings is 3. The standard InChI is InChI=1S/C50H56F6N8O7/c1-23-9-17-33(63(23)43(65)39(61-45(67)69-7)47(3,4)49(51,52)53)41-57-32-16-14-26-20-31-29-15-13-27(19-28(29)22-71-35(31)21-30(26)38(32)60-41)37-36(25-11-12-25)58-42(59-37)34-18-10-24(2)64(34)44(66)40(62-46(68)70-8)48(5,6)50(54,55)56/h13-16,19-21,23-25,33-34,39-40H,9-12,17-18,22H2,1-8H3,(H,57,60)(H,58,59)(H,61,67)(H,62,68)/t23-,24-,33-,34-,39+,40+/m0/s1. The molecule has 3 aliphatic heterocycles. The number of nitrogens with zero attached hydrogens (tertiary/aromatic N) is 4. The van der Waals surface area contributed by atoms with E-state index in [2.05, 4.69) is 30.1 Å². The Morgan fingerprint density at radius 3 is 1.77 bits per heavy atom. The quantitative estimate of drug-likeness (QED) is 0.0989. The SMILES string of the molecule is COC(=O)N[C@H](C(=O)N1[C@@H](C)CC[C@H]1c1nc(-c2ccc3c(c2)COc2cc4c(ccc5[nH]c([C@@H]6CC[C@H](C)N6C(=O)[C@@H](NC(=O)OC)C(C)(C)C(F)(F)F)nc54)cc2-3)c(C2CC2)[nH]1)C(C)(C)C(F)(F)F. The summed E-state index contributed by atoms with van der Waals surface area (Å²) in [6.07, 6.45) is -8.33. The Morgan fingerprint density at radius 2 is 1.25 bits per heavy atom. The Kier molecular flexibility index (Phi) is 12.3. The molecule has 5 heterocycles. The molecule has 1 saturated carbocycles. The molecule has 2 aromatic heterocycles. The fourth-order valence-electron chi connectivity index (χ4n) is 10.4. The first-order valence-electron chi connectivity index (χ1n) is 23.7. The highest BCUT2D eigenvalue weighted by Crippen LogP contribution is 2.50. The van der Waals surface area contributed by atoms with E-state index in [4.69, 9.17) is 14.7 Å². The minimum atomic E-state index is -4.84. The summed E-state index contributed by atoms with van der Waals surface area (Å²) in [5, 5.41) is 5.90. The number of halogens is 6. The lowest BCUT2D eigenvalue weighted by Crippen LogP contribution is -2.60. The average molecular weight is 995 g/mol. The van der Waals surface area contributed by atoms with E-state index >= 15 is 0 Å². The lowest BCUT2D eigenvalue weighted by atomic mass is 9.82. The van der Waals surface area contributed by atoms with E-state index in [0.717, 1.165) is 93.5 Å². The van der Waals surface area contributed by atoms with Crippen LogP contribution in [-0.4, -0.2) is 104 Å². The summed E-state index contributed by atoms with van der Waals surface area (Å²) in [7, 11) is 2.04. The summed E-state index contributed by atoms with van der Waals surface area (Å²) < 4.78 is 102. The molecule has 1 aliphatic carbocycles. The van der Waals surface area contributed by atoms with Crippen LogP contribution in [0.5, 0.6) is 5.75 Å². The van der Waals surface area contributed by atoms with Crippen molar-refractivity contribution in [3.8, 4) is 28.1 Å². The second-order valence-electron chi connectivity index (χ2n) is 20.4. The molecule has 15 nitrogen and oxygen atoms in total. The van der Waals surface area contributed by atoms with Crippen molar-refractivity contribution in [2.24, 2.45) is 10.8 Å². The minimum Gasteiger partial charge on any atom is -0.488 e. The Balaban J connectivity index is 1.01. The topological polar surface area (TPSA) is 184 Å². The first-order chi connectivity index (χ1) is 33.4. The molecule has 71 heavy (non-hydrogen) atoms. The highest BCUT2D eigenvalue weighted by atomic mass is 19.4. The summed E-state index contributed by atoms with van der Waals surface area (Å²) in [6, 6.07) is 7.40. The van der Waals surface area contributed by atoms with Crippen molar-refractivity contribution in [2.45, 2.75) is 141 Å². The molecule has 21 heteroatoms. The van der Waals surface area contributed by atoms with Crippen LogP contribution in [0.25, 0.3) is 44.2 Å². The predicted molar refractivity (Wildman–Crippen MR) is 248 cm³/mol. The third kappa shape index (κ3) is 8.55. The van der Waals surface area contributed by atoms with Crippen LogP contribution in [0.15, 0.2) is 42.5 Å². The third-order valence-electron chi connectivity index (χ3n) is 15.1. The second-order valence-corrected chi connectivity index (χ2v) is 20.4. The number of rotatable bonds is 10. The molecule has 0 spiro atoms. The van der Waals surface area contributed by atoms with Crippen LogP contribution in [0.4, 0.5) is 35.9 Å². The van der Waals surface area contributed by atoms with Gasteiger partial charge in [0.25, 0.3) is 0 Å². The number of fused-ring (bicyclic) bond motifs is 6. The van der Waals surface area contributed by atoms with Gasteiger partial charge in [0.1, 0.15) is 36.1 Å². The third-order valence-corrected chi connectivity index (χ3v) is 15.1. The molecule has 6 atom stereocenters. The molecule has 3 fully saturated rings. The Morgan fingerprint density at radius 1 is 0.704 bits per heavy atom. The first kappa shape index (κ1) is 49.4. The van der Waals surface area contributed by atoms with Gasteiger partial charge in [0, 0.05) is 40.2 Å². The number of carbonyl (C=O) groups is 4. The minimum absolute atomic E-state index is 0.175. The Bertz CT molecular complexity index is 2940. The van der Waals surface area contributed by atoms with Crippen molar-refractivity contribution in [2.75, 3.05) is 14.2 Å². The second kappa shape index (κ2) is 17.6. The molecule has 0 bridgehead atoms. The predicted octanol–water partition coefficient (Wildman–Crippen LogP) is 10.3. The smallest absolute Gasteiger partial charge is 0.407 e. The van der Waals surface area contributed by atoms with Crippen LogP contribution >= 0.6 is 0 Å². The maximum Gasteiger partial charge on any atom is 0.407 e. The lowest BCUT2D eigenvalue weighted by molar-refractivity contribution is -0.222. The molecule has 5 aromatic rings. The van der Waals surface area contributed by atoms with E-state index in [1.54, 1.807) is 13.8 Å². The Labute approximate surface area is 404 Å². The van der Waals surface area contributed by atoms with Crippen LogP contribution in [-0.2, 0) is 25.7 Å². The highest BCUT2D eigenvalue weighted by Gasteiger charge is 2.59. The zero-order chi connectivity index (χ0) is 51.3. The van der Waals surface area contributed by atoms with Crippen molar-refractivity contribution in [3.05, 3.63) is 65.4 Å². The molecule has 0 unspecified atom stereocenters. The number of hydrogen-bond acceptors (Lipinski definition) is 9. The molecule has 4 aliphatic rings. The molecular weight excluding hydrogens is 939 g/mol. The number of imidazole rings is 2. The summed E-state index contributed by atoms with van der Waals surface area (Å²) >= 11 is 0. The maximum absolute atomic E-state index is 14.4. The number of ether oxygens (including phenoxy) is 3. The number of alkyl halides is 6. The van der Waals surface area contributed by atoms with E-state index < -0.39 is 83.4 Å². The van der Waals surface area contributed by atoms with Gasteiger partial charge in [-0.25, -0.2) is 19.6 Å². The number of carbonyl (C=O) groups excluding carboxylic acids is 4. The Hall–Kier alpha value is -6.54. The van der Waals surface area contributed by atoms with Gasteiger partial charge in [0.15, 0.2) is 0 Å². The van der Waals surface area contributed by atoms with Crippen LogP contribution in [0.3, 0.4) is 0 Å². The van der Waals surface area contributed by atoms with Gasteiger partial charge < -0.3 is 44.6 Å². The van der Waals surface area contributed by atoms with E-state index in [-0.39, 0.29) is 12.5 Å². The van der Waals surface area contributed by atoms with E-state index in [0.29, 0.717) is 59.8 Å². The molecule has 3 aromatic carbocycles. The van der Waals surface area contributed by atoms with E-state index in [1.165, 1.54) is 9.80 Å². The summed E-state index contributed by atoms with van der Waals surface area (Å²) in [5.74, 6) is -0.176. The van der Waals surface area contributed by atoms with Gasteiger partial charge in [-0.3, -0.25) is 9.59 Å². The van der Waals surface area contributed by atoms with Gasteiger partial charge in [0.05, 0.1) is 53.9 Å². The number of likely N-dealkylation sites (tertiary alicyclic amines) is 2. The number of nitrogens with one attached hydrogen (secondary N) is 4. The monoisotopic (exact) mass is 994 g/mol. The number of hydrogen-bond donors (Lipinski definition) is 4. The van der Waals surface area contributed by atoms with Gasteiger partial charge in [-0.15, -0.1) is 0 Å². The van der Waals surface area contributed by atoms with Crippen molar-refractivity contribution in [1.29, 1.82) is 0 Å². The molecule has 2 saturated heterocycles. The zero-order valence-electron chi connectivity index (χ0n) is 40.4. The van der Waals surface area contributed by atoms with Crippen molar-refractivity contribution in [3.63, 3.8) is 0 Å². The molecule has 0 radical (unpaired) electrons. The number of aromatic amines is 2. The number of amides is 4. The van der Waals surface area contributed by atoms with Gasteiger partial charge in [0.2, 0.25) is 11.8 Å². The van der Waals surface area contributed by atoms with Crippen LogP contribution in [0.2, 0.25) is 0 Å². The van der Waals surface area contributed by atoms with Crippen molar-refractivity contribution in [1.82, 2.24) is 40.4 Å².